The van der Waals surface area contributed by atoms with Crippen LogP contribution in [0, 0.1) is 0 Å². The van der Waals surface area contributed by atoms with E-state index < -0.39 is 0 Å². The highest BCUT2D eigenvalue weighted by Crippen LogP contribution is 2.30. The predicted octanol–water partition coefficient (Wildman–Crippen LogP) is 2.32. The van der Waals surface area contributed by atoms with Gasteiger partial charge in [-0.25, -0.2) is 0 Å². The van der Waals surface area contributed by atoms with E-state index in [9.17, 15) is 5.11 Å². The number of aliphatic hydroxyl groups excluding tert-OH is 1. The molecule has 0 aromatic heterocycles. The van der Waals surface area contributed by atoms with Crippen molar-refractivity contribution in [2.24, 2.45) is 5.10 Å². The first kappa shape index (κ1) is 12.7. The number of hydrazone groups is 1. The summed E-state index contributed by atoms with van der Waals surface area (Å²) in [4.78, 5) is 0. The number of nitrogens with one attached hydrogen (secondary N) is 1. The number of aliphatic hydroxyl groups is 1. The zero-order valence-corrected chi connectivity index (χ0v) is 11.0. The maximum absolute atomic E-state index is 9.88. The Labute approximate surface area is 117 Å². The van der Waals surface area contributed by atoms with Gasteiger partial charge in [0.15, 0.2) is 0 Å². The second kappa shape index (κ2) is 5.35. The van der Waals surface area contributed by atoms with Crippen LogP contribution in [0.3, 0.4) is 0 Å². The molecule has 3 rings (SSSR count). The molecule has 3 N–H and O–H groups in total. The number of aromatic hydroxyl groups is 1. The quantitative estimate of drug-likeness (QED) is 0.800. The van der Waals surface area contributed by atoms with Crippen LogP contribution in [0.1, 0.15) is 29.2 Å². The standard InChI is InChI=1S/C16H16N2O2/c19-10-11-5-7-12(8-6-11)14-9-15(18-17-14)13-3-1-2-4-16(13)20/h1-8,15,18-20H,9-10H2. The zero-order valence-electron chi connectivity index (χ0n) is 11.0. The summed E-state index contributed by atoms with van der Waals surface area (Å²) in [6.07, 6.45) is 0.732. The number of benzene rings is 2. The minimum Gasteiger partial charge on any atom is -0.508 e. The second-order valence-electron chi connectivity index (χ2n) is 4.86. The highest BCUT2D eigenvalue weighted by Gasteiger charge is 2.23. The molecule has 0 amide bonds. The molecule has 1 aliphatic heterocycles. The third-order valence-electron chi connectivity index (χ3n) is 3.53. The molecule has 0 bridgehead atoms. The fourth-order valence-corrected chi connectivity index (χ4v) is 2.39. The molecule has 20 heavy (non-hydrogen) atoms. The normalized spacial score (nSPS) is 17.6. The molecule has 4 nitrogen and oxygen atoms in total. The third-order valence-corrected chi connectivity index (χ3v) is 3.53. The van der Waals surface area contributed by atoms with Crippen LogP contribution in [0.4, 0.5) is 0 Å². The van der Waals surface area contributed by atoms with Crippen LogP contribution in [0.5, 0.6) is 5.75 Å². The predicted molar refractivity (Wildman–Crippen MR) is 77.5 cm³/mol. The molecule has 4 heteroatoms. The van der Waals surface area contributed by atoms with Gasteiger partial charge in [0, 0.05) is 12.0 Å². The number of nitrogens with zero attached hydrogens (tertiary/aromatic N) is 1. The molecule has 1 heterocycles. The zero-order chi connectivity index (χ0) is 13.9. The summed E-state index contributed by atoms with van der Waals surface area (Å²) < 4.78 is 0. The highest BCUT2D eigenvalue weighted by molar-refractivity contribution is 6.01. The van der Waals surface area contributed by atoms with Gasteiger partial charge in [0.2, 0.25) is 0 Å². The summed E-state index contributed by atoms with van der Waals surface area (Å²) in [5.41, 5.74) is 6.81. The lowest BCUT2D eigenvalue weighted by molar-refractivity contribution is 0.282. The highest BCUT2D eigenvalue weighted by atomic mass is 16.3. The average Bonchev–Trinajstić information content (AvgIpc) is 2.97. The van der Waals surface area contributed by atoms with Gasteiger partial charge in [-0.3, -0.25) is 0 Å². The number of phenolic OH excluding ortho intramolecular Hbond substituents is 1. The van der Waals surface area contributed by atoms with E-state index in [1.165, 1.54) is 0 Å². The molecule has 0 saturated carbocycles. The van der Waals surface area contributed by atoms with Crippen LogP contribution >= 0.6 is 0 Å². The Kier molecular flexibility index (Phi) is 3.39. The van der Waals surface area contributed by atoms with Crippen LogP contribution in [0.25, 0.3) is 0 Å². The number of hydrogen-bond donors (Lipinski definition) is 3. The first-order chi connectivity index (χ1) is 9.78. The molecule has 0 saturated heterocycles. The maximum atomic E-state index is 9.88. The van der Waals surface area contributed by atoms with E-state index in [1.807, 2.05) is 42.5 Å². The van der Waals surface area contributed by atoms with Crippen molar-refractivity contribution in [3.8, 4) is 5.75 Å². The lowest BCUT2D eigenvalue weighted by Crippen LogP contribution is -2.10. The third kappa shape index (κ3) is 2.38. The van der Waals surface area contributed by atoms with Crippen molar-refractivity contribution >= 4 is 5.71 Å². The smallest absolute Gasteiger partial charge is 0.120 e. The Hall–Kier alpha value is -2.33. The van der Waals surface area contributed by atoms with Gasteiger partial charge >= 0.3 is 0 Å². The van der Waals surface area contributed by atoms with Crippen molar-refractivity contribution in [1.29, 1.82) is 0 Å². The van der Waals surface area contributed by atoms with Gasteiger partial charge in [0.25, 0.3) is 0 Å². The molecule has 102 valence electrons. The van der Waals surface area contributed by atoms with Crippen LogP contribution < -0.4 is 5.43 Å². The van der Waals surface area contributed by atoms with Gasteiger partial charge in [0.05, 0.1) is 18.4 Å². The number of phenols is 1. The van der Waals surface area contributed by atoms with Crippen molar-refractivity contribution in [1.82, 2.24) is 5.43 Å². The van der Waals surface area contributed by atoms with Crippen molar-refractivity contribution in [2.45, 2.75) is 19.1 Å². The molecular weight excluding hydrogens is 252 g/mol. The average molecular weight is 268 g/mol. The van der Waals surface area contributed by atoms with E-state index in [0.717, 1.165) is 28.8 Å². The Bertz CT molecular complexity index is 635. The first-order valence-corrected chi connectivity index (χ1v) is 6.58. The Morgan fingerprint density at radius 2 is 1.85 bits per heavy atom. The van der Waals surface area contributed by atoms with Crippen molar-refractivity contribution in [3.63, 3.8) is 0 Å². The number of rotatable bonds is 3. The summed E-state index contributed by atoms with van der Waals surface area (Å²) in [6.45, 7) is 0.0471. The van der Waals surface area contributed by atoms with Gasteiger partial charge in [0.1, 0.15) is 5.75 Å². The molecule has 2 aromatic carbocycles. The van der Waals surface area contributed by atoms with E-state index in [-0.39, 0.29) is 18.4 Å². The van der Waals surface area contributed by atoms with Gasteiger partial charge in [-0.15, -0.1) is 0 Å². The molecular formula is C16H16N2O2. The van der Waals surface area contributed by atoms with Gasteiger partial charge in [-0.05, 0) is 17.2 Å². The van der Waals surface area contributed by atoms with Crippen molar-refractivity contribution in [3.05, 3.63) is 65.2 Å². The maximum Gasteiger partial charge on any atom is 0.120 e. The topological polar surface area (TPSA) is 64.9 Å². The first-order valence-electron chi connectivity index (χ1n) is 6.58. The van der Waals surface area contributed by atoms with Crippen LogP contribution in [0.15, 0.2) is 53.6 Å². The van der Waals surface area contributed by atoms with E-state index in [4.69, 9.17) is 5.11 Å². The SMILES string of the molecule is OCc1ccc(C2=NNC(c3ccccc3O)C2)cc1. The minimum atomic E-state index is 0.00344. The minimum absolute atomic E-state index is 0.00344. The molecule has 0 spiro atoms. The lowest BCUT2D eigenvalue weighted by atomic mass is 9.98. The van der Waals surface area contributed by atoms with Crippen molar-refractivity contribution in [2.75, 3.05) is 0 Å². The van der Waals surface area contributed by atoms with Crippen molar-refractivity contribution < 1.29 is 10.2 Å². The second-order valence-corrected chi connectivity index (χ2v) is 4.86. The number of para-hydroxylation sites is 1. The summed E-state index contributed by atoms with van der Waals surface area (Å²) in [5, 5.41) is 23.3. The van der Waals surface area contributed by atoms with E-state index in [1.54, 1.807) is 6.07 Å². The summed E-state index contributed by atoms with van der Waals surface area (Å²) in [5.74, 6) is 0.289. The summed E-state index contributed by atoms with van der Waals surface area (Å²) >= 11 is 0. The summed E-state index contributed by atoms with van der Waals surface area (Å²) in [6, 6.07) is 15.0. The Morgan fingerprint density at radius 1 is 1.10 bits per heavy atom. The van der Waals surface area contributed by atoms with Crippen LogP contribution in [0.2, 0.25) is 0 Å². The molecule has 0 aliphatic carbocycles. The number of hydrogen-bond acceptors (Lipinski definition) is 4. The van der Waals surface area contributed by atoms with Gasteiger partial charge in [-0.1, -0.05) is 42.5 Å². The van der Waals surface area contributed by atoms with Gasteiger partial charge < -0.3 is 15.6 Å². The molecule has 0 radical (unpaired) electrons. The van der Waals surface area contributed by atoms with E-state index in [0.29, 0.717) is 0 Å². The van der Waals surface area contributed by atoms with Crippen LogP contribution in [-0.4, -0.2) is 15.9 Å². The van der Waals surface area contributed by atoms with E-state index >= 15 is 0 Å². The monoisotopic (exact) mass is 268 g/mol. The van der Waals surface area contributed by atoms with E-state index in [2.05, 4.69) is 10.5 Å². The molecule has 1 aliphatic rings. The molecule has 1 atom stereocenters. The largest absolute Gasteiger partial charge is 0.508 e. The molecule has 0 fully saturated rings. The fourth-order valence-electron chi connectivity index (χ4n) is 2.39. The molecule has 1 unspecified atom stereocenters. The fraction of sp³-hybridized carbons (Fsp3) is 0.188. The van der Waals surface area contributed by atoms with Gasteiger partial charge in [-0.2, -0.15) is 5.10 Å². The molecule has 2 aromatic rings. The Morgan fingerprint density at radius 3 is 2.55 bits per heavy atom. The summed E-state index contributed by atoms with van der Waals surface area (Å²) in [7, 11) is 0. The van der Waals surface area contributed by atoms with Crippen LogP contribution in [-0.2, 0) is 6.61 Å². The lowest BCUT2D eigenvalue weighted by Gasteiger charge is -2.11. The Balaban J connectivity index is 1.77.